The number of aryl methyl sites for hydroxylation is 1. The molecule has 0 aromatic heterocycles. The molecule has 0 heterocycles. The fourth-order valence-corrected chi connectivity index (χ4v) is 2.18. The average molecular weight is 347 g/mol. The molecule has 0 radical (unpaired) electrons. The predicted molar refractivity (Wildman–Crippen MR) is 95.0 cm³/mol. The third-order valence-corrected chi connectivity index (χ3v) is 3.67. The zero-order chi connectivity index (χ0) is 17.5. The van der Waals surface area contributed by atoms with E-state index < -0.39 is 5.97 Å². The smallest absolute Gasteiger partial charge is 0.336 e. The topological polar surface area (TPSA) is 44.8 Å². The van der Waals surface area contributed by atoms with E-state index in [1.54, 1.807) is 43.5 Å². The van der Waals surface area contributed by atoms with E-state index in [0.717, 1.165) is 11.1 Å². The first-order valence-electron chi connectivity index (χ1n) is 7.50. The van der Waals surface area contributed by atoms with Gasteiger partial charge >= 0.3 is 5.97 Å². The van der Waals surface area contributed by atoms with E-state index in [1.165, 1.54) is 6.08 Å². The lowest BCUT2D eigenvalue weighted by Crippen LogP contribution is -2.03. The van der Waals surface area contributed by atoms with Crippen LogP contribution in [0.2, 0.25) is 5.02 Å². The Hall–Kier alpha value is -2.46. The van der Waals surface area contributed by atoms with Crippen LogP contribution in [0.4, 0.5) is 0 Å². The summed E-state index contributed by atoms with van der Waals surface area (Å²) in [7, 11) is 1.57. The van der Waals surface area contributed by atoms with Gasteiger partial charge in [0.25, 0.3) is 0 Å². The molecule has 24 heavy (non-hydrogen) atoms. The molecule has 0 saturated carbocycles. The first kappa shape index (κ1) is 17.9. The van der Waals surface area contributed by atoms with Gasteiger partial charge < -0.3 is 14.2 Å². The predicted octanol–water partition coefficient (Wildman–Crippen LogP) is 4.67. The van der Waals surface area contributed by atoms with Gasteiger partial charge in [-0.2, -0.15) is 0 Å². The van der Waals surface area contributed by atoms with Crippen LogP contribution in [0, 0.1) is 6.92 Å². The largest absolute Gasteiger partial charge is 0.493 e. The maximum atomic E-state index is 11.9. The van der Waals surface area contributed by atoms with Crippen molar-refractivity contribution in [2.24, 2.45) is 0 Å². The molecule has 0 saturated heterocycles. The Morgan fingerprint density at radius 1 is 1.17 bits per heavy atom. The van der Waals surface area contributed by atoms with Crippen LogP contribution in [-0.4, -0.2) is 19.7 Å². The van der Waals surface area contributed by atoms with E-state index in [4.69, 9.17) is 25.8 Å². The molecule has 0 aliphatic rings. The van der Waals surface area contributed by atoms with Crippen molar-refractivity contribution in [1.82, 2.24) is 0 Å². The average Bonchev–Trinajstić information content (AvgIpc) is 2.57. The van der Waals surface area contributed by atoms with Crippen LogP contribution in [0.1, 0.15) is 18.1 Å². The standard InChI is InChI=1S/C19H19ClO4/c1-4-23-17-9-5-14(12-18(17)22-3)6-10-19(21)24-15-7-8-16(20)13(2)11-15/h5-12H,4H2,1-3H3/b10-6+. The van der Waals surface area contributed by atoms with Gasteiger partial charge in [0.15, 0.2) is 11.5 Å². The van der Waals surface area contributed by atoms with Crippen molar-refractivity contribution < 1.29 is 19.0 Å². The normalized spacial score (nSPS) is 10.7. The lowest BCUT2D eigenvalue weighted by molar-refractivity contribution is -0.128. The van der Waals surface area contributed by atoms with Crippen LogP contribution >= 0.6 is 11.6 Å². The second-order valence-corrected chi connectivity index (χ2v) is 5.42. The fraction of sp³-hybridized carbons (Fsp3) is 0.211. The van der Waals surface area contributed by atoms with Crippen LogP contribution in [0.15, 0.2) is 42.5 Å². The van der Waals surface area contributed by atoms with Gasteiger partial charge in [-0.05, 0) is 61.4 Å². The van der Waals surface area contributed by atoms with Gasteiger partial charge in [-0.3, -0.25) is 0 Å². The molecule has 0 aliphatic carbocycles. The minimum absolute atomic E-state index is 0.454. The van der Waals surface area contributed by atoms with E-state index in [1.807, 2.05) is 19.9 Å². The Bertz CT molecular complexity index is 753. The summed E-state index contributed by atoms with van der Waals surface area (Å²) in [6, 6.07) is 10.5. The van der Waals surface area contributed by atoms with Crippen LogP contribution in [0.3, 0.4) is 0 Å². The fourth-order valence-electron chi connectivity index (χ4n) is 2.06. The number of esters is 1. The van der Waals surface area contributed by atoms with Gasteiger partial charge in [-0.15, -0.1) is 0 Å². The highest BCUT2D eigenvalue weighted by atomic mass is 35.5. The number of halogens is 1. The van der Waals surface area contributed by atoms with Crippen LogP contribution in [0.25, 0.3) is 6.08 Å². The summed E-state index contributed by atoms with van der Waals surface area (Å²) in [6.45, 7) is 4.31. The van der Waals surface area contributed by atoms with Crippen molar-refractivity contribution in [1.29, 1.82) is 0 Å². The number of hydrogen-bond donors (Lipinski definition) is 0. The summed E-state index contributed by atoms with van der Waals surface area (Å²) >= 11 is 5.95. The van der Waals surface area contributed by atoms with Crippen LogP contribution < -0.4 is 14.2 Å². The number of methoxy groups -OCH3 is 1. The highest BCUT2D eigenvalue weighted by Gasteiger charge is 2.05. The summed E-state index contributed by atoms with van der Waals surface area (Å²) in [4.78, 5) is 11.9. The molecule has 4 nitrogen and oxygen atoms in total. The summed E-state index contributed by atoms with van der Waals surface area (Å²) in [5.74, 6) is 1.26. The third-order valence-electron chi connectivity index (χ3n) is 3.25. The van der Waals surface area contributed by atoms with Gasteiger partial charge in [0.2, 0.25) is 0 Å². The van der Waals surface area contributed by atoms with Crippen molar-refractivity contribution in [2.75, 3.05) is 13.7 Å². The van der Waals surface area contributed by atoms with E-state index >= 15 is 0 Å². The van der Waals surface area contributed by atoms with Gasteiger partial charge in [-0.25, -0.2) is 4.79 Å². The minimum atomic E-state index is -0.468. The number of carbonyl (C=O) groups is 1. The highest BCUT2D eigenvalue weighted by molar-refractivity contribution is 6.31. The summed E-state index contributed by atoms with van der Waals surface area (Å²) in [6.07, 6.45) is 3.02. The van der Waals surface area contributed by atoms with Crippen molar-refractivity contribution in [2.45, 2.75) is 13.8 Å². The SMILES string of the molecule is CCOc1ccc(/C=C/C(=O)Oc2ccc(Cl)c(C)c2)cc1OC. The molecule has 0 aliphatic heterocycles. The first-order chi connectivity index (χ1) is 11.5. The Morgan fingerprint density at radius 3 is 2.62 bits per heavy atom. The number of hydrogen-bond acceptors (Lipinski definition) is 4. The number of benzene rings is 2. The lowest BCUT2D eigenvalue weighted by atomic mass is 10.2. The lowest BCUT2D eigenvalue weighted by Gasteiger charge is -2.09. The number of rotatable bonds is 6. The molecule has 0 N–H and O–H groups in total. The molecule has 0 spiro atoms. The van der Waals surface area contributed by atoms with Crippen molar-refractivity contribution in [3.05, 3.63) is 58.6 Å². The van der Waals surface area contributed by atoms with E-state index in [0.29, 0.717) is 28.9 Å². The molecule has 126 valence electrons. The molecule has 2 rings (SSSR count). The molecule has 0 atom stereocenters. The second-order valence-electron chi connectivity index (χ2n) is 5.01. The van der Waals surface area contributed by atoms with E-state index in [9.17, 15) is 4.79 Å². The molecule has 2 aromatic carbocycles. The molecule has 0 unspecified atom stereocenters. The molecule has 0 amide bonds. The van der Waals surface area contributed by atoms with E-state index in [-0.39, 0.29) is 0 Å². The number of ether oxygens (including phenoxy) is 3. The summed E-state index contributed by atoms with van der Waals surface area (Å²) in [5, 5.41) is 0.631. The third kappa shape index (κ3) is 4.77. The maximum Gasteiger partial charge on any atom is 0.336 e. The van der Waals surface area contributed by atoms with Gasteiger partial charge in [-0.1, -0.05) is 17.7 Å². The Balaban J connectivity index is 2.06. The Kier molecular flexibility index (Phi) is 6.27. The second kappa shape index (κ2) is 8.41. The zero-order valence-corrected chi connectivity index (χ0v) is 14.6. The zero-order valence-electron chi connectivity index (χ0n) is 13.8. The molecular formula is C19H19ClO4. The minimum Gasteiger partial charge on any atom is -0.493 e. The Morgan fingerprint density at radius 2 is 1.96 bits per heavy atom. The van der Waals surface area contributed by atoms with Crippen molar-refractivity contribution in [3.8, 4) is 17.2 Å². The molecule has 0 bridgehead atoms. The van der Waals surface area contributed by atoms with Crippen LogP contribution in [-0.2, 0) is 4.79 Å². The summed E-state index contributed by atoms with van der Waals surface area (Å²) < 4.78 is 16.0. The molecule has 5 heteroatoms. The van der Waals surface area contributed by atoms with Crippen molar-refractivity contribution in [3.63, 3.8) is 0 Å². The van der Waals surface area contributed by atoms with Gasteiger partial charge in [0.1, 0.15) is 5.75 Å². The van der Waals surface area contributed by atoms with Crippen LogP contribution in [0.5, 0.6) is 17.2 Å². The first-order valence-corrected chi connectivity index (χ1v) is 7.88. The molecule has 2 aromatic rings. The van der Waals surface area contributed by atoms with Crippen molar-refractivity contribution >= 4 is 23.6 Å². The van der Waals surface area contributed by atoms with E-state index in [2.05, 4.69) is 0 Å². The molecule has 0 fully saturated rings. The Labute approximate surface area is 146 Å². The quantitative estimate of drug-likeness (QED) is 0.433. The number of carbonyl (C=O) groups excluding carboxylic acids is 1. The maximum absolute atomic E-state index is 11.9. The monoisotopic (exact) mass is 346 g/mol. The highest BCUT2D eigenvalue weighted by Crippen LogP contribution is 2.28. The molecular weight excluding hydrogens is 328 g/mol. The van der Waals surface area contributed by atoms with Gasteiger partial charge in [0.05, 0.1) is 13.7 Å². The summed E-state index contributed by atoms with van der Waals surface area (Å²) in [5.41, 5.74) is 1.65. The van der Waals surface area contributed by atoms with Gasteiger partial charge in [0, 0.05) is 11.1 Å².